The van der Waals surface area contributed by atoms with Gasteiger partial charge in [-0.1, -0.05) is 6.07 Å². The molecular weight excluding hydrogens is 293 g/mol. The molecule has 0 saturated heterocycles. The van der Waals surface area contributed by atoms with Crippen LogP contribution in [0.15, 0.2) is 35.3 Å². The molecule has 0 radical (unpaired) electrons. The van der Waals surface area contributed by atoms with Crippen molar-refractivity contribution in [3.8, 4) is 11.4 Å². The number of carboxylic acids is 1. The number of alkyl halides is 3. The molecule has 0 unspecified atom stereocenters. The fraction of sp³-hybridized carbons (Fsp3) is 0.0833. The molecule has 0 bridgehead atoms. The zero-order valence-electron chi connectivity index (χ0n) is 10.1. The van der Waals surface area contributed by atoms with Crippen LogP contribution in [-0.4, -0.2) is 26.0 Å². The third kappa shape index (κ3) is 2.86. The van der Waals surface area contributed by atoms with E-state index in [-0.39, 0.29) is 5.69 Å². The smallest absolute Gasteiger partial charge is 0.416 e. The lowest BCUT2D eigenvalue weighted by molar-refractivity contribution is -0.137. The van der Waals surface area contributed by atoms with Crippen LogP contribution in [0.1, 0.15) is 16.1 Å². The van der Waals surface area contributed by atoms with Crippen LogP contribution in [0.5, 0.6) is 5.75 Å². The minimum Gasteiger partial charge on any atom is -0.503 e. The van der Waals surface area contributed by atoms with Crippen LogP contribution >= 0.6 is 0 Å². The number of hydrogen-bond donors (Lipinski definition) is 2. The molecule has 9 heteroatoms. The van der Waals surface area contributed by atoms with Gasteiger partial charge in [-0.25, -0.2) is 9.48 Å². The van der Waals surface area contributed by atoms with E-state index < -0.39 is 34.6 Å². The number of rotatable bonds is 2. The Kier molecular flexibility index (Phi) is 3.42. The highest BCUT2D eigenvalue weighted by Crippen LogP contribution is 2.30. The molecule has 1 aromatic heterocycles. The molecule has 0 aliphatic rings. The summed E-state index contributed by atoms with van der Waals surface area (Å²) in [7, 11) is 0. The quantitative estimate of drug-likeness (QED) is 0.880. The second kappa shape index (κ2) is 4.93. The average molecular weight is 300 g/mol. The Morgan fingerprint density at radius 1 is 1.29 bits per heavy atom. The second-order valence-electron chi connectivity index (χ2n) is 3.99. The normalized spacial score (nSPS) is 11.4. The van der Waals surface area contributed by atoms with E-state index in [1.54, 1.807) is 0 Å². The van der Waals surface area contributed by atoms with Crippen molar-refractivity contribution in [2.45, 2.75) is 6.18 Å². The zero-order valence-corrected chi connectivity index (χ0v) is 10.1. The number of aromatic carboxylic acids is 1. The minimum atomic E-state index is -4.59. The highest BCUT2D eigenvalue weighted by molar-refractivity contribution is 5.85. The largest absolute Gasteiger partial charge is 0.503 e. The van der Waals surface area contributed by atoms with Crippen molar-refractivity contribution in [1.82, 2.24) is 9.78 Å². The molecule has 0 amide bonds. The van der Waals surface area contributed by atoms with Crippen LogP contribution in [0.2, 0.25) is 0 Å². The molecule has 0 saturated carbocycles. The van der Waals surface area contributed by atoms with Gasteiger partial charge in [0.1, 0.15) is 0 Å². The maximum Gasteiger partial charge on any atom is 0.416 e. The van der Waals surface area contributed by atoms with E-state index >= 15 is 0 Å². The second-order valence-corrected chi connectivity index (χ2v) is 3.99. The molecule has 6 nitrogen and oxygen atoms in total. The summed E-state index contributed by atoms with van der Waals surface area (Å²) in [6, 6.07) is 3.85. The fourth-order valence-electron chi connectivity index (χ4n) is 1.57. The van der Waals surface area contributed by atoms with Crippen LogP contribution in [-0.2, 0) is 6.18 Å². The molecule has 0 aliphatic carbocycles. The number of halogens is 3. The highest BCUT2D eigenvalue weighted by Gasteiger charge is 2.30. The van der Waals surface area contributed by atoms with Crippen LogP contribution in [0.4, 0.5) is 13.2 Å². The predicted molar refractivity (Wildman–Crippen MR) is 63.5 cm³/mol. The van der Waals surface area contributed by atoms with Gasteiger partial charge >= 0.3 is 12.1 Å². The molecule has 0 spiro atoms. The Balaban J connectivity index is 2.63. The molecule has 1 heterocycles. The molecule has 0 fully saturated rings. The first-order valence-electron chi connectivity index (χ1n) is 5.44. The number of hydrogen-bond acceptors (Lipinski definition) is 4. The van der Waals surface area contributed by atoms with Gasteiger partial charge in [0, 0.05) is 0 Å². The Hall–Kier alpha value is -2.84. The van der Waals surface area contributed by atoms with Crippen LogP contribution in [0, 0.1) is 0 Å². The monoisotopic (exact) mass is 300 g/mol. The number of benzene rings is 1. The Labute approximate surface area is 114 Å². The molecule has 2 rings (SSSR count). The van der Waals surface area contributed by atoms with E-state index in [0.29, 0.717) is 10.7 Å². The van der Waals surface area contributed by atoms with Gasteiger partial charge in [-0.2, -0.15) is 18.3 Å². The fourth-order valence-corrected chi connectivity index (χ4v) is 1.57. The van der Waals surface area contributed by atoms with Gasteiger partial charge in [0.05, 0.1) is 17.4 Å². The third-order valence-corrected chi connectivity index (χ3v) is 2.54. The van der Waals surface area contributed by atoms with E-state index in [1.165, 1.54) is 6.07 Å². The van der Waals surface area contributed by atoms with Gasteiger partial charge in [0.25, 0.3) is 5.43 Å². The van der Waals surface area contributed by atoms with Crippen LogP contribution in [0.3, 0.4) is 0 Å². The van der Waals surface area contributed by atoms with E-state index in [0.717, 1.165) is 18.3 Å². The number of aromatic hydroxyl groups is 1. The summed E-state index contributed by atoms with van der Waals surface area (Å²) in [4.78, 5) is 22.2. The Morgan fingerprint density at radius 3 is 2.52 bits per heavy atom. The standard InChI is InChI=1S/C12H7F3N2O4/c13-12(14,15)6-2-1-3-7(4-6)17-5-8(18)10(19)9(16-17)11(20)21/h1-5,18H,(H,20,21). The molecule has 2 aromatic rings. The van der Waals surface area contributed by atoms with Crippen molar-refractivity contribution < 1.29 is 28.2 Å². The van der Waals surface area contributed by atoms with Crippen molar-refractivity contribution in [3.63, 3.8) is 0 Å². The van der Waals surface area contributed by atoms with Gasteiger partial charge in [0.2, 0.25) is 5.69 Å². The first-order chi connectivity index (χ1) is 9.70. The highest BCUT2D eigenvalue weighted by atomic mass is 19.4. The molecule has 2 N–H and O–H groups in total. The van der Waals surface area contributed by atoms with Gasteiger partial charge in [-0.15, -0.1) is 0 Å². The first-order valence-corrected chi connectivity index (χ1v) is 5.44. The van der Waals surface area contributed by atoms with E-state index in [9.17, 15) is 27.9 Å². The summed E-state index contributed by atoms with van der Waals surface area (Å²) in [5, 5.41) is 21.5. The number of carboxylic acid groups (broad SMARTS) is 1. The topological polar surface area (TPSA) is 92.4 Å². The Morgan fingerprint density at radius 2 is 1.95 bits per heavy atom. The number of carbonyl (C=O) groups is 1. The summed E-state index contributed by atoms with van der Waals surface area (Å²) in [5.74, 6) is -2.63. The van der Waals surface area contributed by atoms with Crippen molar-refractivity contribution in [2.24, 2.45) is 0 Å². The minimum absolute atomic E-state index is 0.150. The lowest BCUT2D eigenvalue weighted by Gasteiger charge is -2.10. The maximum atomic E-state index is 12.6. The summed E-state index contributed by atoms with van der Waals surface area (Å²) in [6.45, 7) is 0. The van der Waals surface area contributed by atoms with Crippen LogP contribution < -0.4 is 5.43 Å². The summed E-state index contributed by atoms with van der Waals surface area (Å²) in [6.07, 6.45) is -3.85. The first kappa shape index (κ1) is 14.6. The van der Waals surface area contributed by atoms with Crippen molar-refractivity contribution in [2.75, 3.05) is 0 Å². The molecule has 0 aliphatic heterocycles. The summed E-state index contributed by atoms with van der Waals surface area (Å²) >= 11 is 0. The number of nitrogens with zero attached hydrogens (tertiary/aromatic N) is 2. The van der Waals surface area contributed by atoms with Crippen molar-refractivity contribution in [3.05, 3.63) is 51.9 Å². The molecule has 21 heavy (non-hydrogen) atoms. The zero-order chi connectivity index (χ0) is 15.8. The number of aromatic nitrogens is 2. The van der Waals surface area contributed by atoms with Gasteiger partial charge in [0.15, 0.2) is 5.75 Å². The van der Waals surface area contributed by atoms with Crippen LogP contribution in [0.25, 0.3) is 5.69 Å². The molecule has 1 aromatic carbocycles. The van der Waals surface area contributed by atoms with Gasteiger partial charge in [-0.05, 0) is 18.2 Å². The molecular formula is C12H7F3N2O4. The van der Waals surface area contributed by atoms with E-state index in [2.05, 4.69) is 5.10 Å². The SMILES string of the molecule is O=C(O)c1nn(-c2cccc(C(F)(F)F)c2)cc(O)c1=O. The van der Waals surface area contributed by atoms with E-state index in [1.807, 2.05) is 0 Å². The lowest BCUT2D eigenvalue weighted by atomic mass is 10.2. The summed E-state index contributed by atoms with van der Waals surface area (Å²) in [5.41, 5.74) is -3.34. The van der Waals surface area contributed by atoms with Crippen molar-refractivity contribution in [1.29, 1.82) is 0 Å². The Bertz CT molecular complexity index is 768. The van der Waals surface area contributed by atoms with Gasteiger partial charge in [-0.3, -0.25) is 4.79 Å². The maximum absolute atomic E-state index is 12.6. The summed E-state index contributed by atoms with van der Waals surface area (Å²) < 4.78 is 38.5. The molecule has 0 atom stereocenters. The predicted octanol–water partition coefficient (Wildman–Crippen LogP) is 1.66. The van der Waals surface area contributed by atoms with E-state index in [4.69, 9.17) is 5.11 Å². The van der Waals surface area contributed by atoms with Crippen molar-refractivity contribution >= 4 is 5.97 Å². The molecule has 110 valence electrons. The lowest BCUT2D eigenvalue weighted by Crippen LogP contribution is -2.21. The van der Waals surface area contributed by atoms with Gasteiger partial charge < -0.3 is 10.2 Å². The third-order valence-electron chi connectivity index (χ3n) is 2.54. The average Bonchev–Trinajstić information content (AvgIpc) is 2.40.